The molecule has 0 N–H and O–H groups in total. The van der Waals surface area contributed by atoms with Crippen LogP contribution in [0.15, 0.2) is 30.3 Å². The Kier molecular flexibility index (Phi) is 6.21. The highest BCUT2D eigenvalue weighted by molar-refractivity contribution is 5.80. The van der Waals surface area contributed by atoms with E-state index in [0.717, 1.165) is 38.1 Å². The van der Waals surface area contributed by atoms with Crippen LogP contribution in [0.25, 0.3) is 0 Å². The van der Waals surface area contributed by atoms with Gasteiger partial charge in [-0.15, -0.1) is 0 Å². The van der Waals surface area contributed by atoms with Gasteiger partial charge in [0.15, 0.2) is 0 Å². The molecule has 0 radical (unpaired) electrons. The lowest BCUT2D eigenvalue weighted by molar-refractivity contribution is -0.146. The fraction of sp³-hybridized carbons (Fsp3) is 0.588. The Morgan fingerprint density at radius 2 is 1.95 bits per heavy atom. The van der Waals surface area contributed by atoms with Gasteiger partial charge in [-0.1, -0.05) is 30.3 Å². The van der Waals surface area contributed by atoms with Crippen molar-refractivity contribution in [1.82, 2.24) is 4.90 Å². The van der Waals surface area contributed by atoms with Gasteiger partial charge in [-0.05, 0) is 32.3 Å². The number of likely N-dealkylation sites (tertiary alicyclic amines) is 1. The fourth-order valence-corrected chi connectivity index (χ4v) is 2.60. The van der Waals surface area contributed by atoms with Gasteiger partial charge < -0.3 is 14.4 Å². The molecule has 1 fully saturated rings. The van der Waals surface area contributed by atoms with Crippen molar-refractivity contribution in [1.29, 1.82) is 0 Å². The molecule has 1 aromatic carbocycles. The highest BCUT2D eigenvalue weighted by atomic mass is 16.5. The molecule has 0 aromatic heterocycles. The quantitative estimate of drug-likeness (QED) is 0.808. The van der Waals surface area contributed by atoms with E-state index in [-0.39, 0.29) is 5.91 Å². The average molecular weight is 291 g/mol. The maximum absolute atomic E-state index is 12.3. The predicted octanol–water partition coefficient (Wildman–Crippen LogP) is 2.62. The first-order valence-electron chi connectivity index (χ1n) is 7.76. The van der Waals surface area contributed by atoms with Crippen molar-refractivity contribution in [3.05, 3.63) is 35.9 Å². The van der Waals surface area contributed by atoms with Crippen LogP contribution in [0.2, 0.25) is 0 Å². The first-order chi connectivity index (χ1) is 10.2. The van der Waals surface area contributed by atoms with Crippen LogP contribution in [-0.2, 0) is 20.9 Å². The highest BCUT2D eigenvalue weighted by Gasteiger charge is 2.26. The zero-order valence-electron chi connectivity index (χ0n) is 13.0. The van der Waals surface area contributed by atoms with E-state index < -0.39 is 6.10 Å². The predicted molar refractivity (Wildman–Crippen MR) is 81.9 cm³/mol. The molecule has 2 rings (SSSR count). The van der Waals surface area contributed by atoms with Crippen LogP contribution < -0.4 is 0 Å². The molecule has 0 spiro atoms. The van der Waals surface area contributed by atoms with Gasteiger partial charge >= 0.3 is 0 Å². The van der Waals surface area contributed by atoms with Crippen LogP contribution in [-0.4, -0.2) is 42.7 Å². The van der Waals surface area contributed by atoms with Gasteiger partial charge in [-0.25, -0.2) is 0 Å². The summed E-state index contributed by atoms with van der Waals surface area (Å²) in [4.78, 5) is 14.2. The molecule has 1 amide bonds. The van der Waals surface area contributed by atoms with Crippen molar-refractivity contribution in [3.63, 3.8) is 0 Å². The second-order valence-corrected chi connectivity index (χ2v) is 5.42. The molecule has 116 valence electrons. The van der Waals surface area contributed by atoms with Gasteiger partial charge in [0.2, 0.25) is 0 Å². The monoisotopic (exact) mass is 291 g/mol. The molecule has 1 atom stereocenters. The average Bonchev–Trinajstić information content (AvgIpc) is 2.54. The molecule has 0 aliphatic carbocycles. The second-order valence-electron chi connectivity index (χ2n) is 5.42. The fourth-order valence-electron chi connectivity index (χ4n) is 2.60. The van der Waals surface area contributed by atoms with E-state index in [4.69, 9.17) is 9.47 Å². The summed E-state index contributed by atoms with van der Waals surface area (Å²) in [5.41, 5.74) is 1.09. The minimum Gasteiger partial charge on any atom is -0.378 e. The van der Waals surface area contributed by atoms with E-state index >= 15 is 0 Å². The molecule has 1 aliphatic heterocycles. The Balaban J connectivity index is 1.75. The molecule has 1 aromatic rings. The number of benzene rings is 1. The van der Waals surface area contributed by atoms with Gasteiger partial charge in [-0.3, -0.25) is 4.79 Å². The molecule has 1 heterocycles. The number of amides is 1. The molecule has 4 nitrogen and oxygen atoms in total. The van der Waals surface area contributed by atoms with E-state index in [1.165, 1.54) is 0 Å². The molecule has 0 saturated carbocycles. The molecule has 1 aliphatic rings. The summed E-state index contributed by atoms with van der Waals surface area (Å²) in [5, 5.41) is 0. The SMILES string of the molecule is CCOC1CCN(C(=O)[C@H](C)OCc2ccccc2)CC1. The molecule has 1 saturated heterocycles. The number of hydrogen-bond donors (Lipinski definition) is 0. The number of hydrogen-bond acceptors (Lipinski definition) is 3. The number of rotatable bonds is 6. The third kappa shape index (κ3) is 4.83. The van der Waals surface area contributed by atoms with Crippen LogP contribution in [0, 0.1) is 0 Å². The zero-order chi connectivity index (χ0) is 15.1. The van der Waals surface area contributed by atoms with Gasteiger partial charge in [0.05, 0.1) is 12.7 Å². The van der Waals surface area contributed by atoms with Gasteiger partial charge in [0.1, 0.15) is 6.10 Å². The summed E-state index contributed by atoms with van der Waals surface area (Å²) < 4.78 is 11.3. The largest absolute Gasteiger partial charge is 0.378 e. The molecular formula is C17H25NO3. The summed E-state index contributed by atoms with van der Waals surface area (Å²) in [6, 6.07) is 9.93. The lowest BCUT2D eigenvalue weighted by Crippen LogP contribution is -2.45. The standard InChI is InChI=1S/C17H25NO3/c1-3-20-16-9-11-18(12-10-16)17(19)14(2)21-13-15-7-5-4-6-8-15/h4-8,14,16H,3,9-13H2,1-2H3/t14-/m0/s1. The van der Waals surface area contributed by atoms with E-state index in [1.54, 1.807) is 0 Å². The Labute approximate surface area is 127 Å². The van der Waals surface area contributed by atoms with E-state index in [0.29, 0.717) is 12.7 Å². The Morgan fingerprint density at radius 1 is 1.29 bits per heavy atom. The lowest BCUT2D eigenvalue weighted by atomic mass is 10.1. The Morgan fingerprint density at radius 3 is 2.57 bits per heavy atom. The van der Waals surface area contributed by atoms with Gasteiger partial charge in [0, 0.05) is 19.7 Å². The summed E-state index contributed by atoms with van der Waals surface area (Å²) in [7, 11) is 0. The second kappa shape index (κ2) is 8.15. The number of carbonyl (C=O) groups is 1. The maximum Gasteiger partial charge on any atom is 0.251 e. The van der Waals surface area contributed by atoms with Crippen molar-refractivity contribution in [3.8, 4) is 0 Å². The molecular weight excluding hydrogens is 266 g/mol. The number of carbonyl (C=O) groups excluding carboxylic acids is 1. The molecule has 21 heavy (non-hydrogen) atoms. The normalized spacial score (nSPS) is 17.7. The van der Waals surface area contributed by atoms with Crippen molar-refractivity contribution < 1.29 is 14.3 Å². The third-order valence-corrected chi connectivity index (χ3v) is 3.85. The highest BCUT2D eigenvalue weighted by Crippen LogP contribution is 2.15. The Bertz CT molecular complexity index is 427. The number of piperidine rings is 1. The smallest absolute Gasteiger partial charge is 0.251 e. The topological polar surface area (TPSA) is 38.8 Å². The number of nitrogens with zero attached hydrogens (tertiary/aromatic N) is 1. The van der Waals surface area contributed by atoms with Crippen LogP contribution >= 0.6 is 0 Å². The van der Waals surface area contributed by atoms with E-state index in [2.05, 4.69) is 0 Å². The van der Waals surface area contributed by atoms with E-state index in [9.17, 15) is 4.79 Å². The maximum atomic E-state index is 12.3. The minimum absolute atomic E-state index is 0.0841. The van der Waals surface area contributed by atoms with Crippen molar-refractivity contribution in [2.45, 2.75) is 45.5 Å². The van der Waals surface area contributed by atoms with Crippen molar-refractivity contribution in [2.75, 3.05) is 19.7 Å². The summed E-state index contributed by atoms with van der Waals surface area (Å²) in [6.45, 7) is 6.60. The molecule has 4 heteroatoms. The minimum atomic E-state index is -0.395. The van der Waals surface area contributed by atoms with Crippen molar-refractivity contribution in [2.24, 2.45) is 0 Å². The first-order valence-corrected chi connectivity index (χ1v) is 7.76. The number of ether oxygens (including phenoxy) is 2. The third-order valence-electron chi connectivity index (χ3n) is 3.85. The van der Waals surface area contributed by atoms with Gasteiger partial charge in [0.25, 0.3) is 5.91 Å². The van der Waals surface area contributed by atoms with Crippen LogP contribution in [0.4, 0.5) is 0 Å². The van der Waals surface area contributed by atoms with Crippen molar-refractivity contribution >= 4 is 5.91 Å². The van der Waals surface area contributed by atoms with E-state index in [1.807, 2.05) is 49.1 Å². The first kappa shape index (κ1) is 16.0. The van der Waals surface area contributed by atoms with Crippen LogP contribution in [0.1, 0.15) is 32.3 Å². The van der Waals surface area contributed by atoms with Gasteiger partial charge in [-0.2, -0.15) is 0 Å². The summed E-state index contributed by atoms with van der Waals surface area (Å²) >= 11 is 0. The zero-order valence-corrected chi connectivity index (χ0v) is 13.0. The summed E-state index contributed by atoms with van der Waals surface area (Å²) in [6.07, 6.45) is 1.75. The molecule has 0 bridgehead atoms. The summed E-state index contributed by atoms with van der Waals surface area (Å²) in [5.74, 6) is 0.0841. The van der Waals surface area contributed by atoms with Crippen LogP contribution in [0.5, 0.6) is 0 Å². The molecule has 0 unspecified atom stereocenters. The lowest BCUT2D eigenvalue weighted by Gasteiger charge is -2.33. The Hall–Kier alpha value is -1.39. The van der Waals surface area contributed by atoms with Crippen LogP contribution in [0.3, 0.4) is 0 Å².